The first-order valence-corrected chi connectivity index (χ1v) is 16.0. The van der Waals surface area contributed by atoms with Crippen molar-refractivity contribution in [2.24, 2.45) is 5.41 Å². The number of carbonyl (C=O) groups is 3. The van der Waals surface area contributed by atoms with Crippen molar-refractivity contribution in [3.05, 3.63) is 35.9 Å². The van der Waals surface area contributed by atoms with Crippen molar-refractivity contribution in [1.29, 1.82) is 0 Å². The fourth-order valence-electron chi connectivity index (χ4n) is 6.37. The van der Waals surface area contributed by atoms with Gasteiger partial charge in [0.15, 0.2) is 0 Å². The molecule has 1 N–H and O–H groups in total. The fraction of sp³-hybridized carbons (Fsp3) is 0.727. The quantitative estimate of drug-likeness (QED) is 0.199. The van der Waals surface area contributed by atoms with E-state index in [0.717, 1.165) is 31.1 Å². The van der Waals surface area contributed by atoms with E-state index in [-0.39, 0.29) is 42.8 Å². The van der Waals surface area contributed by atoms with Gasteiger partial charge in [0, 0.05) is 12.6 Å². The minimum Gasteiger partial charge on any atom is -0.460 e. The van der Waals surface area contributed by atoms with Crippen molar-refractivity contribution in [3.8, 4) is 0 Å². The average molecular weight is 599 g/mol. The lowest BCUT2D eigenvalue weighted by Gasteiger charge is -2.32. The third-order valence-electron chi connectivity index (χ3n) is 9.43. The van der Waals surface area contributed by atoms with Gasteiger partial charge in [-0.1, -0.05) is 43.2 Å². The number of ether oxygens (including phenoxy) is 2. The Morgan fingerprint density at radius 3 is 2.35 bits per heavy atom. The minimum absolute atomic E-state index is 0.166. The van der Waals surface area contributed by atoms with Crippen molar-refractivity contribution in [2.45, 2.75) is 142 Å². The molecule has 0 aromatic heterocycles. The van der Waals surface area contributed by atoms with Crippen molar-refractivity contribution in [2.75, 3.05) is 6.54 Å². The first-order valence-electron chi connectivity index (χ1n) is 16.0. The molecule has 238 valence electrons. The van der Waals surface area contributed by atoms with E-state index in [9.17, 15) is 14.4 Å². The number of nitrogens with zero attached hydrogens (tertiary/aromatic N) is 1. The van der Waals surface area contributed by atoms with Crippen LogP contribution in [0.4, 0.5) is 4.79 Å². The molecular weight excluding hydrogens is 547 g/mol. The molecule has 3 fully saturated rings. The van der Waals surface area contributed by atoms with Crippen LogP contribution >= 0.6 is 0 Å². The molecule has 2 saturated heterocycles. The van der Waals surface area contributed by atoms with Crippen LogP contribution in [-0.2, 0) is 35.0 Å². The molecule has 0 bridgehead atoms. The van der Waals surface area contributed by atoms with Crippen LogP contribution in [0.3, 0.4) is 0 Å². The van der Waals surface area contributed by atoms with Crippen molar-refractivity contribution >= 4 is 25.1 Å². The van der Waals surface area contributed by atoms with Crippen LogP contribution in [0.25, 0.3) is 0 Å². The first-order chi connectivity index (χ1) is 20.1. The van der Waals surface area contributed by atoms with Gasteiger partial charge in [0.2, 0.25) is 5.91 Å². The maximum atomic E-state index is 13.7. The van der Waals surface area contributed by atoms with E-state index in [1.807, 2.05) is 51.1 Å². The Morgan fingerprint density at radius 1 is 1.02 bits per heavy atom. The Labute approximate surface area is 257 Å². The number of amides is 2. The van der Waals surface area contributed by atoms with E-state index in [0.29, 0.717) is 38.6 Å². The van der Waals surface area contributed by atoms with Gasteiger partial charge in [-0.05, 0) is 98.9 Å². The third kappa shape index (κ3) is 8.32. The summed E-state index contributed by atoms with van der Waals surface area (Å²) in [5.41, 5.74) is -1.10. The fourth-order valence-corrected chi connectivity index (χ4v) is 6.37. The average Bonchev–Trinajstić information content (AvgIpc) is 3.62. The molecular formula is C33H51BN2O7. The molecule has 0 spiro atoms. The summed E-state index contributed by atoms with van der Waals surface area (Å²) < 4.78 is 23.7. The van der Waals surface area contributed by atoms with Gasteiger partial charge in [-0.25, -0.2) is 4.79 Å². The predicted octanol–water partition coefficient (Wildman–Crippen LogP) is 6.05. The predicted molar refractivity (Wildman–Crippen MR) is 165 cm³/mol. The van der Waals surface area contributed by atoms with Gasteiger partial charge in [-0.15, -0.1) is 0 Å². The number of esters is 1. The molecule has 1 aromatic rings. The van der Waals surface area contributed by atoms with Crippen molar-refractivity contribution < 1.29 is 33.2 Å². The zero-order chi connectivity index (χ0) is 31.5. The molecule has 4 rings (SSSR count). The molecule has 1 saturated carbocycles. The topological polar surface area (TPSA) is 103 Å². The van der Waals surface area contributed by atoms with E-state index in [4.69, 9.17) is 18.8 Å². The maximum absolute atomic E-state index is 13.7. The minimum atomic E-state index is -0.677. The molecule has 9 nitrogen and oxygen atoms in total. The molecule has 0 radical (unpaired) electrons. The van der Waals surface area contributed by atoms with Gasteiger partial charge >= 0.3 is 19.2 Å². The highest BCUT2D eigenvalue weighted by Crippen LogP contribution is 2.45. The second kappa shape index (κ2) is 13.2. The summed E-state index contributed by atoms with van der Waals surface area (Å²) >= 11 is 0. The number of unbranched alkanes of at least 4 members (excludes halogenated alkanes) is 1. The molecule has 1 aromatic carbocycles. The van der Waals surface area contributed by atoms with Gasteiger partial charge in [0.05, 0.1) is 16.6 Å². The Kier molecular flexibility index (Phi) is 10.2. The van der Waals surface area contributed by atoms with Crippen LogP contribution in [0.1, 0.15) is 105 Å². The molecule has 10 heteroatoms. The zero-order valence-corrected chi connectivity index (χ0v) is 27.2. The number of hydrogen-bond donors (Lipinski definition) is 1. The lowest BCUT2D eigenvalue weighted by atomic mass is 9.77. The number of likely N-dealkylation sites (tertiary alicyclic amines) is 1. The molecule has 2 heterocycles. The summed E-state index contributed by atoms with van der Waals surface area (Å²) in [6.45, 7) is 14.4. The molecule has 1 unspecified atom stereocenters. The summed E-state index contributed by atoms with van der Waals surface area (Å²) in [4.78, 5) is 41.3. The van der Waals surface area contributed by atoms with Crippen LogP contribution in [0.5, 0.6) is 0 Å². The Morgan fingerprint density at radius 2 is 1.70 bits per heavy atom. The zero-order valence-electron chi connectivity index (χ0n) is 27.2. The standard InChI is InChI=1S/C33H51BN2O7/c1-30(2,3)41-29(39)36-21-13-16-26(36)27(37)35-25-17-19-33(22-25,28(38)40-23-24-14-9-8-10-15-24)18-11-12-20-34-42-31(4,5)32(6,7)43-34/h8-10,14-15,25-26H,11-13,16-23H2,1-7H3,(H,35,37)/t25-,26?,33+/m0/s1. The molecule has 1 aliphatic carbocycles. The Balaban J connectivity index is 1.36. The number of hydrogen-bond acceptors (Lipinski definition) is 7. The normalized spacial score (nSPS) is 26.4. The van der Waals surface area contributed by atoms with Gasteiger partial charge in [0.1, 0.15) is 18.2 Å². The second-order valence-electron chi connectivity index (χ2n) is 14.6. The Bertz CT molecular complexity index is 1120. The van der Waals surface area contributed by atoms with Gasteiger partial charge in [-0.2, -0.15) is 0 Å². The summed E-state index contributed by atoms with van der Waals surface area (Å²) in [7, 11) is -0.263. The van der Waals surface area contributed by atoms with Gasteiger partial charge in [0.25, 0.3) is 0 Å². The Hall–Kier alpha value is -2.59. The molecule has 2 aliphatic heterocycles. The number of rotatable bonds is 10. The largest absolute Gasteiger partial charge is 0.460 e. The smallest absolute Gasteiger partial charge is 0.457 e. The van der Waals surface area contributed by atoms with Crippen LogP contribution < -0.4 is 5.32 Å². The monoisotopic (exact) mass is 598 g/mol. The third-order valence-corrected chi connectivity index (χ3v) is 9.43. The lowest BCUT2D eigenvalue weighted by Crippen LogP contribution is -2.49. The van der Waals surface area contributed by atoms with Crippen molar-refractivity contribution in [1.82, 2.24) is 10.2 Å². The summed E-state index contributed by atoms with van der Waals surface area (Å²) in [6, 6.07) is 8.96. The lowest BCUT2D eigenvalue weighted by molar-refractivity contribution is -0.158. The first kappa shape index (κ1) is 33.3. The van der Waals surface area contributed by atoms with E-state index in [1.54, 1.807) is 0 Å². The highest BCUT2D eigenvalue weighted by molar-refractivity contribution is 6.45. The molecule has 2 amide bonds. The van der Waals surface area contributed by atoms with Crippen LogP contribution in [-0.4, -0.2) is 65.4 Å². The second-order valence-corrected chi connectivity index (χ2v) is 14.6. The van der Waals surface area contributed by atoms with Crippen LogP contribution in [0.2, 0.25) is 6.32 Å². The van der Waals surface area contributed by atoms with E-state index < -0.39 is 23.2 Å². The molecule has 43 heavy (non-hydrogen) atoms. The highest BCUT2D eigenvalue weighted by Gasteiger charge is 2.51. The van der Waals surface area contributed by atoms with Gasteiger partial charge in [-0.3, -0.25) is 14.5 Å². The number of carbonyl (C=O) groups excluding carboxylic acids is 3. The maximum Gasteiger partial charge on any atom is 0.457 e. The summed E-state index contributed by atoms with van der Waals surface area (Å²) in [5, 5.41) is 3.17. The van der Waals surface area contributed by atoms with E-state index >= 15 is 0 Å². The van der Waals surface area contributed by atoms with E-state index in [1.165, 1.54) is 4.90 Å². The molecule has 3 atom stereocenters. The summed E-state index contributed by atoms with van der Waals surface area (Å²) in [6.07, 6.45) is 5.82. The number of nitrogens with one attached hydrogen (secondary N) is 1. The van der Waals surface area contributed by atoms with Crippen LogP contribution in [0, 0.1) is 5.41 Å². The van der Waals surface area contributed by atoms with Gasteiger partial charge < -0.3 is 24.1 Å². The molecule has 3 aliphatic rings. The van der Waals surface area contributed by atoms with Crippen molar-refractivity contribution in [3.63, 3.8) is 0 Å². The van der Waals surface area contributed by atoms with Crippen LogP contribution in [0.15, 0.2) is 30.3 Å². The van der Waals surface area contributed by atoms with E-state index in [2.05, 4.69) is 33.0 Å². The highest BCUT2D eigenvalue weighted by atomic mass is 16.7. The summed E-state index contributed by atoms with van der Waals surface area (Å²) in [5.74, 6) is -0.387. The number of benzene rings is 1. The SMILES string of the molecule is CC(C)(C)OC(=O)N1CCCC1C(=O)N[C@H]1CC[C@@](CCCCB2OC(C)(C)C(C)(C)O2)(C(=O)OCc2ccccc2)C1.